The fraction of sp³-hybridized carbons (Fsp3) is 0.278. The van der Waals surface area contributed by atoms with E-state index in [4.69, 9.17) is 16.3 Å². The third-order valence-corrected chi connectivity index (χ3v) is 5.99. The second kappa shape index (κ2) is 5.60. The molecule has 5 heteroatoms. The first-order valence-electron chi connectivity index (χ1n) is 7.56. The van der Waals surface area contributed by atoms with Crippen LogP contribution in [0.5, 0.6) is 5.75 Å². The Morgan fingerprint density at radius 3 is 2.74 bits per heavy atom. The van der Waals surface area contributed by atoms with Gasteiger partial charge in [0.2, 0.25) is 0 Å². The molecule has 0 radical (unpaired) electrons. The molecule has 0 saturated carbocycles. The Bertz CT molecular complexity index is 808. The maximum Gasteiger partial charge on any atom is 0.176 e. The second-order valence-electron chi connectivity index (χ2n) is 5.87. The Morgan fingerprint density at radius 1 is 1.26 bits per heavy atom. The number of rotatable bonds is 2. The lowest BCUT2D eigenvalue weighted by Gasteiger charge is -2.30. The highest BCUT2D eigenvalue weighted by Gasteiger charge is 2.47. The summed E-state index contributed by atoms with van der Waals surface area (Å²) >= 11 is 9.48. The third-order valence-electron chi connectivity index (χ3n) is 4.51. The van der Waals surface area contributed by atoms with Gasteiger partial charge in [-0.2, -0.15) is 0 Å². The molecule has 0 aliphatic carbocycles. The summed E-state index contributed by atoms with van der Waals surface area (Å²) in [5, 5.41) is 0.101. The number of ether oxygens (including phenoxy) is 1. The van der Waals surface area contributed by atoms with Gasteiger partial charge in [0.25, 0.3) is 0 Å². The van der Waals surface area contributed by atoms with Crippen molar-refractivity contribution in [2.45, 2.75) is 24.9 Å². The van der Waals surface area contributed by atoms with Crippen LogP contribution in [0, 0.1) is 5.82 Å². The molecule has 2 heterocycles. The third kappa shape index (κ3) is 2.31. The lowest BCUT2D eigenvalue weighted by atomic mass is 9.83. The fourth-order valence-electron chi connectivity index (χ4n) is 3.40. The number of fused-ring (bicyclic) bond motifs is 1. The quantitative estimate of drug-likeness (QED) is 0.633. The summed E-state index contributed by atoms with van der Waals surface area (Å²) in [7, 11) is 0. The van der Waals surface area contributed by atoms with Crippen LogP contribution in [0.4, 0.5) is 4.39 Å². The molecule has 1 unspecified atom stereocenters. The van der Waals surface area contributed by atoms with Gasteiger partial charge >= 0.3 is 0 Å². The fourth-order valence-corrected chi connectivity index (χ4v) is 4.10. The Hall–Kier alpha value is -1.39. The van der Waals surface area contributed by atoms with Gasteiger partial charge in [0.1, 0.15) is 11.6 Å². The van der Waals surface area contributed by atoms with E-state index in [-0.39, 0.29) is 5.02 Å². The van der Waals surface area contributed by atoms with Crippen molar-refractivity contribution in [2.24, 2.45) is 4.99 Å². The van der Waals surface area contributed by atoms with E-state index in [0.29, 0.717) is 16.6 Å². The molecule has 118 valence electrons. The monoisotopic (exact) mass is 393 g/mol. The zero-order chi connectivity index (χ0) is 16.0. The maximum absolute atomic E-state index is 14.0. The van der Waals surface area contributed by atoms with Crippen molar-refractivity contribution >= 4 is 33.2 Å². The highest BCUT2D eigenvalue weighted by molar-refractivity contribution is 9.10. The standard InChI is InChI=1S/C18H14BrClFNO/c19-16-12-10-18(15-7-4-8-22-15,11-5-2-1-3-6-11)23-14(12)9-13(21)17(16)20/h1-3,5-6,9H,4,7-8,10H2. The molecule has 2 aromatic carbocycles. The van der Waals surface area contributed by atoms with Gasteiger partial charge in [0.15, 0.2) is 5.60 Å². The van der Waals surface area contributed by atoms with Crippen LogP contribution >= 0.6 is 27.5 Å². The van der Waals surface area contributed by atoms with Crippen LogP contribution in [0.1, 0.15) is 24.0 Å². The molecular formula is C18H14BrClFNO. The van der Waals surface area contributed by atoms with Gasteiger partial charge in [-0.3, -0.25) is 4.99 Å². The van der Waals surface area contributed by atoms with Crippen molar-refractivity contribution in [1.82, 2.24) is 0 Å². The minimum atomic E-state index is -0.653. The first-order valence-corrected chi connectivity index (χ1v) is 8.73. The lowest BCUT2D eigenvalue weighted by molar-refractivity contribution is 0.169. The molecule has 0 amide bonds. The largest absolute Gasteiger partial charge is 0.476 e. The minimum Gasteiger partial charge on any atom is -0.476 e. The molecule has 2 nitrogen and oxygen atoms in total. The summed E-state index contributed by atoms with van der Waals surface area (Å²) in [4.78, 5) is 4.67. The number of nitrogens with zero attached hydrogens (tertiary/aromatic N) is 1. The molecule has 2 aromatic rings. The van der Waals surface area contributed by atoms with Gasteiger partial charge in [-0.05, 0) is 28.8 Å². The normalized spacial score (nSPS) is 22.7. The van der Waals surface area contributed by atoms with E-state index >= 15 is 0 Å². The van der Waals surface area contributed by atoms with E-state index < -0.39 is 11.4 Å². The highest BCUT2D eigenvalue weighted by atomic mass is 79.9. The van der Waals surface area contributed by atoms with E-state index in [1.54, 1.807) is 0 Å². The zero-order valence-electron chi connectivity index (χ0n) is 12.3. The van der Waals surface area contributed by atoms with Crippen molar-refractivity contribution in [3.8, 4) is 5.75 Å². The van der Waals surface area contributed by atoms with Crippen LogP contribution in [-0.2, 0) is 12.0 Å². The SMILES string of the molecule is Fc1cc2c(c(Br)c1Cl)CC(C1=NCCC1)(c1ccccc1)O2. The topological polar surface area (TPSA) is 21.6 Å². The lowest BCUT2D eigenvalue weighted by Crippen LogP contribution is -2.39. The molecule has 1 atom stereocenters. The molecule has 2 aliphatic heterocycles. The molecule has 0 aromatic heterocycles. The molecule has 0 bridgehead atoms. The van der Waals surface area contributed by atoms with Crippen molar-refractivity contribution in [2.75, 3.05) is 6.54 Å². The predicted molar refractivity (Wildman–Crippen MR) is 93.1 cm³/mol. The Labute approximate surface area is 147 Å². The van der Waals surface area contributed by atoms with Crippen LogP contribution in [-0.4, -0.2) is 12.3 Å². The first kappa shape index (κ1) is 15.2. The van der Waals surface area contributed by atoms with Crippen LogP contribution in [0.2, 0.25) is 5.02 Å². The van der Waals surface area contributed by atoms with Gasteiger partial charge in [-0.25, -0.2) is 4.39 Å². The Kier molecular flexibility index (Phi) is 3.69. The van der Waals surface area contributed by atoms with Gasteiger partial charge in [0, 0.05) is 34.6 Å². The van der Waals surface area contributed by atoms with Gasteiger partial charge < -0.3 is 4.74 Å². The number of halogens is 3. The number of aliphatic imine (C=N–C) groups is 1. The van der Waals surface area contributed by atoms with Crippen LogP contribution in [0.3, 0.4) is 0 Å². The summed E-state index contributed by atoms with van der Waals surface area (Å²) in [6.45, 7) is 0.819. The van der Waals surface area contributed by atoms with Gasteiger partial charge in [-0.15, -0.1) is 0 Å². The van der Waals surface area contributed by atoms with E-state index in [2.05, 4.69) is 20.9 Å². The summed E-state index contributed by atoms with van der Waals surface area (Å²) in [5.41, 5.74) is 2.32. The highest BCUT2D eigenvalue weighted by Crippen LogP contribution is 2.49. The Morgan fingerprint density at radius 2 is 2.04 bits per heavy atom. The van der Waals surface area contributed by atoms with Gasteiger partial charge in [0.05, 0.1) is 10.7 Å². The van der Waals surface area contributed by atoms with Crippen LogP contribution < -0.4 is 4.74 Å². The van der Waals surface area contributed by atoms with Crippen LogP contribution in [0.25, 0.3) is 0 Å². The molecule has 0 N–H and O–H groups in total. The average molecular weight is 395 g/mol. The molecule has 23 heavy (non-hydrogen) atoms. The van der Waals surface area contributed by atoms with Crippen molar-refractivity contribution in [1.29, 1.82) is 0 Å². The zero-order valence-corrected chi connectivity index (χ0v) is 14.6. The molecule has 0 fully saturated rings. The molecule has 0 saturated heterocycles. The molecule has 4 rings (SSSR count). The van der Waals surface area contributed by atoms with Crippen molar-refractivity contribution in [3.63, 3.8) is 0 Å². The summed E-state index contributed by atoms with van der Waals surface area (Å²) in [5.74, 6) is 0.0618. The summed E-state index contributed by atoms with van der Waals surface area (Å²) in [6, 6.07) is 11.4. The van der Waals surface area contributed by atoms with Crippen LogP contribution in [0.15, 0.2) is 45.9 Å². The van der Waals surface area contributed by atoms with Crippen molar-refractivity contribution in [3.05, 3.63) is 62.8 Å². The van der Waals surface area contributed by atoms with E-state index in [1.807, 2.05) is 30.3 Å². The van der Waals surface area contributed by atoms with Gasteiger partial charge in [-0.1, -0.05) is 41.9 Å². The summed E-state index contributed by atoms with van der Waals surface area (Å²) in [6.07, 6.45) is 2.53. The molecule has 0 spiro atoms. The molecular weight excluding hydrogens is 381 g/mol. The van der Waals surface area contributed by atoms with E-state index in [0.717, 1.165) is 36.2 Å². The second-order valence-corrected chi connectivity index (χ2v) is 7.04. The predicted octanol–water partition coefficient (Wildman–Crippen LogP) is 5.31. The van der Waals surface area contributed by atoms with Crippen molar-refractivity contribution < 1.29 is 9.13 Å². The smallest absolute Gasteiger partial charge is 0.176 e. The average Bonchev–Trinajstić information content (AvgIpc) is 3.22. The first-order chi connectivity index (χ1) is 11.1. The Balaban J connectivity index is 1.89. The van der Waals surface area contributed by atoms with E-state index in [1.165, 1.54) is 6.07 Å². The number of hydrogen-bond donors (Lipinski definition) is 0. The number of hydrogen-bond acceptors (Lipinski definition) is 2. The summed E-state index contributed by atoms with van der Waals surface area (Å²) < 4.78 is 20.9. The molecule has 2 aliphatic rings. The van der Waals surface area contributed by atoms with E-state index in [9.17, 15) is 4.39 Å². The minimum absolute atomic E-state index is 0.101. The number of benzene rings is 2. The maximum atomic E-state index is 14.0.